The molecular weight excluding hydrogens is 137 g/mol. The predicted molar refractivity (Wildman–Crippen MR) is 32.9 cm³/mol. The molecule has 0 atom stereocenters. The number of anilines is 1. The summed E-state index contributed by atoms with van der Waals surface area (Å²) in [5, 5.41) is 3.63. The maximum absolute atomic E-state index is 12.3. The second-order valence-corrected chi connectivity index (χ2v) is 1.79. The first-order valence-electron chi connectivity index (χ1n) is 2.63. The molecule has 0 saturated carbocycles. The molecule has 1 aromatic rings. The van der Waals surface area contributed by atoms with Gasteiger partial charge in [0.2, 0.25) is 6.41 Å². The van der Waals surface area contributed by atoms with Gasteiger partial charge in [0.1, 0.15) is 5.69 Å². The zero-order chi connectivity index (χ0) is 7.56. The van der Waals surface area contributed by atoms with Crippen molar-refractivity contribution in [2.24, 2.45) is 7.05 Å². The van der Waals surface area contributed by atoms with E-state index in [2.05, 4.69) is 5.10 Å². The normalized spacial score (nSPS) is 9.40. The number of aryl methyl sites for hydroxylation is 1. The predicted octanol–water partition coefficient (Wildman–Crippen LogP) is 0.267. The molecule has 1 rings (SSSR count). The summed E-state index contributed by atoms with van der Waals surface area (Å²) >= 11 is 0. The van der Waals surface area contributed by atoms with Gasteiger partial charge < -0.3 is 0 Å². The Morgan fingerprint density at radius 1 is 1.90 bits per heavy atom. The molecule has 0 saturated heterocycles. The van der Waals surface area contributed by atoms with Crippen molar-refractivity contribution in [2.45, 2.75) is 0 Å². The summed E-state index contributed by atoms with van der Waals surface area (Å²) in [6.07, 6.45) is 2.74. The van der Waals surface area contributed by atoms with Crippen LogP contribution in [0.3, 0.4) is 0 Å². The Hall–Kier alpha value is -1.39. The Labute approximate surface area is 56.8 Å². The molecular formula is C5H6FN3O. The van der Waals surface area contributed by atoms with Gasteiger partial charge in [-0.25, -0.2) is 0 Å². The Morgan fingerprint density at radius 2 is 2.60 bits per heavy atom. The van der Waals surface area contributed by atoms with E-state index in [0.29, 0.717) is 0 Å². The minimum absolute atomic E-state index is 0.0347. The van der Waals surface area contributed by atoms with Crippen LogP contribution < -0.4 is 5.12 Å². The van der Waals surface area contributed by atoms with Crippen LogP contribution in [0.4, 0.5) is 10.2 Å². The first-order valence-corrected chi connectivity index (χ1v) is 2.63. The van der Waals surface area contributed by atoms with E-state index in [0.717, 1.165) is 0 Å². The first-order chi connectivity index (χ1) is 4.74. The summed E-state index contributed by atoms with van der Waals surface area (Å²) in [7, 11) is 1.64. The van der Waals surface area contributed by atoms with Crippen LogP contribution in [0, 0.1) is 0 Å². The standard InChI is InChI=1S/C5H6FN3O/c1-8-3-5(2-7-8)9(6)4-10/h2-4H,1H3. The third-order valence-corrected chi connectivity index (χ3v) is 1.03. The largest absolute Gasteiger partial charge is 0.276 e. The molecule has 0 radical (unpaired) electrons. The topological polar surface area (TPSA) is 38.1 Å². The highest BCUT2D eigenvalue weighted by Crippen LogP contribution is 2.09. The van der Waals surface area contributed by atoms with Gasteiger partial charge in [-0.15, -0.1) is 5.12 Å². The van der Waals surface area contributed by atoms with E-state index in [-0.39, 0.29) is 17.2 Å². The summed E-state index contributed by atoms with van der Waals surface area (Å²) < 4.78 is 13.7. The molecule has 0 aliphatic heterocycles. The van der Waals surface area contributed by atoms with Crippen molar-refractivity contribution < 1.29 is 9.28 Å². The van der Waals surface area contributed by atoms with E-state index in [4.69, 9.17) is 0 Å². The van der Waals surface area contributed by atoms with Gasteiger partial charge in [0.05, 0.1) is 12.4 Å². The Balaban J connectivity index is 2.84. The van der Waals surface area contributed by atoms with Crippen LogP contribution in [0.1, 0.15) is 0 Å². The van der Waals surface area contributed by atoms with Crippen molar-refractivity contribution in [3.05, 3.63) is 12.4 Å². The number of nitrogens with zero attached hydrogens (tertiary/aromatic N) is 3. The molecule has 5 heteroatoms. The highest BCUT2D eigenvalue weighted by atomic mass is 19.2. The average molecular weight is 143 g/mol. The van der Waals surface area contributed by atoms with E-state index in [9.17, 15) is 9.28 Å². The number of carbonyl (C=O) groups excluding carboxylic acids is 1. The fourth-order valence-corrected chi connectivity index (χ4v) is 0.579. The number of rotatable bonds is 2. The van der Waals surface area contributed by atoms with Crippen molar-refractivity contribution >= 4 is 12.1 Å². The lowest BCUT2D eigenvalue weighted by atomic mass is 10.6. The maximum Gasteiger partial charge on any atom is 0.242 e. The summed E-state index contributed by atoms with van der Waals surface area (Å²) in [6, 6.07) is 0. The minimum atomic E-state index is -0.0347. The zero-order valence-corrected chi connectivity index (χ0v) is 5.36. The third kappa shape index (κ3) is 1.12. The summed E-state index contributed by atoms with van der Waals surface area (Å²) in [5.74, 6) is 0. The fourth-order valence-electron chi connectivity index (χ4n) is 0.579. The van der Waals surface area contributed by atoms with E-state index >= 15 is 0 Å². The smallest absolute Gasteiger partial charge is 0.242 e. The zero-order valence-electron chi connectivity index (χ0n) is 5.36. The molecule has 0 aromatic carbocycles. The summed E-state index contributed by atoms with van der Waals surface area (Å²) in [5.41, 5.74) is 0.137. The molecule has 1 aromatic heterocycles. The average Bonchev–Trinajstić information content (AvgIpc) is 2.34. The van der Waals surface area contributed by atoms with Crippen LogP contribution in [0.25, 0.3) is 0 Å². The van der Waals surface area contributed by atoms with Crippen LogP contribution in [-0.4, -0.2) is 16.2 Å². The Morgan fingerprint density at radius 3 is 3.00 bits per heavy atom. The van der Waals surface area contributed by atoms with Crippen LogP contribution in [0.2, 0.25) is 0 Å². The molecule has 0 aliphatic rings. The molecule has 10 heavy (non-hydrogen) atoms. The Bertz CT molecular complexity index is 235. The van der Waals surface area contributed by atoms with Crippen molar-refractivity contribution in [3.63, 3.8) is 0 Å². The number of hydrogen-bond donors (Lipinski definition) is 0. The van der Waals surface area contributed by atoms with Gasteiger partial charge >= 0.3 is 0 Å². The van der Waals surface area contributed by atoms with Crippen molar-refractivity contribution in [3.8, 4) is 0 Å². The van der Waals surface area contributed by atoms with Crippen LogP contribution in [0.5, 0.6) is 0 Å². The molecule has 0 bridgehead atoms. The molecule has 1 amide bonds. The highest BCUT2D eigenvalue weighted by Gasteiger charge is 2.03. The number of amides is 1. The Kier molecular flexibility index (Phi) is 1.66. The third-order valence-electron chi connectivity index (χ3n) is 1.03. The molecule has 4 nitrogen and oxygen atoms in total. The number of hydrogen-bond acceptors (Lipinski definition) is 2. The van der Waals surface area contributed by atoms with Crippen LogP contribution in [-0.2, 0) is 11.8 Å². The SMILES string of the molecule is Cn1cc(N(F)C=O)cn1. The second-order valence-electron chi connectivity index (χ2n) is 1.79. The fraction of sp³-hybridized carbons (Fsp3) is 0.200. The number of carbonyl (C=O) groups is 1. The van der Waals surface area contributed by atoms with Gasteiger partial charge in [-0.1, -0.05) is 4.48 Å². The van der Waals surface area contributed by atoms with Crippen molar-refractivity contribution in [1.29, 1.82) is 0 Å². The maximum atomic E-state index is 12.3. The van der Waals surface area contributed by atoms with Gasteiger partial charge in [0.25, 0.3) is 0 Å². The molecule has 0 spiro atoms. The van der Waals surface area contributed by atoms with Gasteiger partial charge in [-0.05, 0) is 0 Å². The summed E-state index contributed by atoms with van der Waals surface area (Å²) in [6.45, 7) is 0. The first kappa shape index (κ1) is 6.73. The van der Waals surface area contributed by atoms with Crippen molar-refractivity contribution in [2.75, 3.05) is 5.12 Å². The molecule has 54 valence electrons. The monoisotopic (exact) mass is 143 g/mol. The van der Waals surface area contributed by atoms with E-state index in [1.807, 2.05) is 0 Å². The van der Waals surface area contributed by atoms with Gasteiger partial charge in [0, 0.05) is 7.05 Å². The summed E-state index contributed by atoms with van der Waals surface area (Å²) in [4.78, 5) is 9.83. The lowest BCUT2D eigenvalue weighted by Crippen LogP contribution is -2.06. The molecule has 1 heterocycles. The molecule has 0 aliphatic carbocycles. The van der Waals surface area contributed by atoms with Gasteiger partial charge in [-0.3, -0.25) is 9.48 Å². The van der Waals surface area contributed by atoms with Crippen LogP contribution >= 0.6 is 0 Å². The molecule has 0 fully saturated rings. The lowest BCUT2D eigenvalue weighted by molar-refractivity contribution is -0.109. The number of halogens is 1. The number of aromatic nitrogens is 2. The van der Waals surface area contributed by atoms with Crippen molar-refractivity contribution in [1.82, 2.24) is 9.78 Å². The van der Waals surface area contributed by atoms with E-state index in [1.165, 1.54) is 17.1 Å². The molecule has 0 unspecified atom stereocenters. The van der Waals surface area contributed by atoms with E-state index < -0.39 is 0 Å². The molecule has 0 N–H and O–H groups in total. The lowest BCUT2D eigenvalue weighted by Gasteiger charge is -1.97. The van der Waals surface area contributed by atoms with Gasteiger partial charge in [-0.2, -0.15) is 5.10 Å². The van der Waals surface area contributed by atoms with Gasteiger partial charge in [0.15, 0.2) is 0 Å². The van der Waals surface area contributed by atoms with E-state index in [1.54, 1.807) is 7.05 Å². The minimum Gasteiger partial charge on any atom is -0.276 e. The highest BCUT2D eigenvalue weighted by molar-refractivity contribution is 5.70. The quantitative estimate of drug-likeness (QED) is 0.440. The van der Waals surface area contributed by atoms with Crippen LogP contribution in [0.15, 0.2) is 12.4 Å². The second kappa shape index (κ2) is 2.47.